The first-order chi connectivity index (χ1) is 18.5. The topological polar surface area (TPSA) is 122 Å². The van der Waals surface area contributed by atoms with E-state index < -0.39 is 20.0 Å². The van der Waals surface area contributed by atoms with Crippen LogP contribution in [0.2, 0.25) is 5.02 Å². The number of sulfonamides is 2. The van der Waals surface area contributed by atoms with Gasteiger partial charge in [-0.3, -0.25) is 9.52 Å². The molecule has 2 N–H and O–H groups in total. The van der Waals surface area contributed by atoms with Gasteiger partial charge in [0, 0.05) is 24.7 Å². The summed E-state index contributed by atoms with van der Waals surface area (Å²) >= 11 is 6.07. The first-order valence-corrected chi connectivity index (χ1v) is 15.7. The molecule has 1 fully saturated rings. The number of benzene rings is 3. The molecule has 208 valence electrons. The van der Waals surface area contributed by atoms with Crippen molar-refractivity contribution in [3.63, 3.8) is 0 Å². The summed E-state index contributed by atoms with van der Waals surface area (Å²) in [7, 11) is -7.27. The predicted molar refractivity (Wildman–Crippen MR) is 150 cm³/mol. The number of ether oxygens (including phenoxy) is 1. The number of carbonyl (C=O) groups excluding carboxylic acids is 1. The Hall–Kier alpha value is -3.12. The van der Waals surface area contributed by atoms with Crippen LogP contribution in [0.25, 0.3) is 0 Å². The Morgan fingerprint density at radius 2 is 1.56 bits per heavy atom. The smallest absolute Gasteiger partial charge is 0.261 e. The lowest BCUT2D eigenvalue weighted by atomic mass is 10.1. The molecule has 1 saturated heterocycles. The molecule has 3 aromatic carbocycles. The molecule has 12 heteroatoms. The molecule has 39 heavy (non-hydrogen) atoms. The van der Waals surface area contributed by atoms with Gasteiger partial charge < -0.3 is 10.1 Å². The van der Waals surface area contributed by atoms with E-state index in [0.717, 1.165) is 24.0 Å². The Morgan fingerprint density at radius 1 is 0.923 bits per heavy atom. The van der Waals surface area contributed by atoms with Gasteiger partial charge in [-0.1, -0.05) is 29.8 Å². The first kappa shape index (κ1) is 28.9. The summed E-state index contributed by atoms with van der Waals surface area (Å²) in [5.74, 6) is 0.00938. The molecule has 0 saturated carbocycles. The van der Waals surface area contributed by atoms with Gasteiger partial charge >= 0.3 is 0 Å². The molecule has 3 aromatic rings. The highest BCUT2D eigenvalue weighted by atomic mass is 35.5. The van der Waals surface area contributed by atoms with Crippen LogP contribution in [0, 0.1) is 6.92 Å². The number of hydrogen-bond donors (Lipinski definition) is 2. The second-order valence-electron chi connectivity index (χ2n) is 9.18. The van der Waals surface area contributed by atoms with Gasteiger partial charge in [-0.15, -0.1) is 0 Å². The van der Waals surface area contributed by atoms with Crippen LogP contribution in [0.4, 0.5) is 5.69 Å². The highest BCUT2D eigenvalue weighted by Crippen LogP contribution is 2.24. The van der Waals surface area contributed by atoms with Gasteiger partial charge in [-0.05, 0) is 85.8 Å². The first-order valence-electron chi connectivity index (χ1n) is 12.4. The van der Waals surface area contributed by atoms with Crippen molar-refractivity contribution in [2.45, 2.75) is 36.0 Å². The Morgan fingerprint density at radius 3 is 2.21 bits per heavy atom. The number of carbonyl (C=O) groups is 1. The third kappa shape index (κ3) is 7.51. The standard InChI is InChI=1S/C27H30ClN3O6S2/c1-20-4-7-22(18-26(20)28)30-38(33,34)24-12-8-23(9-13-24)37-19-27(32)29-15-14-21-5-10-25(11-6-21)39(35,36)31-16-2-3-17-31/h4-13,18,30H,2-3,14-17,19H2,1H3,(H,29,32). The van der Waals surface area contributed by atoms with E-state index in [1.54, 1.807) is 42.5 Å². The van der Waals surface area contributed by atoms with Gasteiger partial charge in [-0.2, -0.15) is 4.31 Å². The highest BCUT2D eigenvalue weighted by molar-refractivity contribution is 7.92. The molecule has 0 atom stereocenters. The number of amides is 1. The van der Waals surface area contributed by atoms with Crippen molar-refractivity contribution in [3.8, 4) is 5.75 Å². The van der Waals surface area contributed by atoms with E-state index in [9.17, 15) is 21.6 Å². The van der Waals surface area contributed by atoms with Gasteiger partial charge in [-0.25, -0.2) is 16.8 Å². The lowest BCUT2D eigenvalue weighted by Gasteiger charge is -2.15. The lowest BCUT2D eigenvalue weighted by molar-refractivity contribution is -0.123. The van der Waals surface area contributed by atoms with E-state index >= 15 is 0 Å². The minimum absolute atomic E-state index is 0.0373. The van der Waals surface area contributed by atoms with Crippen LogP contribution in [-0.2, 0) is 31.3 Å². The molecule has 9 nitrogen and oxygen atoms in total. The number of nitrogens with zero attached hydrogens (tertiary/aromatic N) is 1. The van der Waals surface area contributed by atoms with Crippen molar-refractivity contribution in [2.75, 3.05) is 31.0 Å². The highest BCUT2D eigenvalue weighted by Gasteiger charge is 2.26. The monoisotopic (exact) mass is 591 g/mol. The molecule has 1 amide bonds. The van der Waals surface area contributed by atoms with Gasteiger partial charge in [0.05, 0.1) is 15.5 Å². The van der Waals surface area contributed by atoms with Gasteiger partial charge in [0.25, 0.3) is 15.9 Å². The molecule has 0 aliphatic carbocycles. The van der Waals surface area contributed by atoms with E-state index in [0.29, 0.717) is 42.5 Å². The van der Waals surface area contributed by atoms with Crippen LogP contribution in [0.5, 0.6) is 5.75 Å². The minimum Gasteiger partial charge on any atom is -0.484 e. The average molecular weight is 592 g/mol. The zero-order valence-corrected chi connectivity index (χ0v) is 23.8. The molecule has 1 aliphatic heterocycles. The molecule has 0 bridgehead atoms. The molecular formula is C27H30ClN3O6S2. The van der Waals surface area contributed by atoms with Crippen molar-refractivity contribution in [1.29, 1.82) is 0 Å². The summed E-state index contributed by atoms with van der Waals surface area (Å²) in [5.41, 5.74) is 2.09. The maximum absolute atomic E-state index is 12.6. The Labute approximate surface area is 234 Å². The summed E-state index contributed by atoms with van der Waals surface area (Å²) in [5, 5.41) is 3.21. The fourth-order valence-electron chi connectivity index (χ4n) is 4.04. The zero-order valence-electron chi connectivity index (χ0n) is 21.4. The summed E-state index contributed by atoms with van der Waals surface area (Å²) in [4.78, 5) is 12.5. The maximum Gasteiger partial charge on any atom is 0.261 e. The van der Waals surface area contributed by atoms with E-state index in [2.05, 4.69) is 10.0 Å². The fourth-order valence-corrected chi connectivity index (χ4v) is 6.78. The van der Waals surface area contributed by atoms with E-state index in [4.69, 9.17) is 16.3 Å². The maximum atomic E-state index is 12.6. The predicted octanol–water partition coefficient (Wildman–Crippen LogP) is 3.97. The number of aryl methyl sites for hydroxylation is 1. The molecule has 1 aliphatic rings. The van der Waals surface area contributed by atoms with Crippen molar-refractivity contribution in [3.05, 3.63) is 82.9 Å². The second kappa shape index (κ2) is 12.4. The number of rotatable bonds is 11. The summed E-state index contributed by atoms with van der Waals surface area (Å²) < 4.78 is 60.0. The van der Waals surface area contributed by atoms with Crippen LogP contribution in [0.15, 0.2) is 76.5 Å². The van der Waals surface area contributed by atoms with Gasteiger partial charge in [0.1, 0.15) is 5.75 Å². The van der Waals surface area contributed by atoms with E-state index in [-0.39, 0.29) is 22.3 Å². The van der Waals surface area contributed by atoms with Crippen molar-refractivity contribution < 1.29 is 26.4 Å². The number of nitrogens with one attached hydrogen (secondary N) is 2. The van der Waals surface area contributed by atoms with Crippen LogP contribution in [-0.4, -0.2) is 53.3 Å². The van der Waals surface area contributed by atoms with E-state index in [1.165, 1.54) is 28.6 Å². The Kier molecular flexibility index (Phi) is 9.16. The summed E-state index contributed by atoms with van der Waals surface area (Å²) in [6.45, 7) is 3.06. The Balaban J connectivity index is 1.22. The lowest BCUT2D eigenvalue weighted by Crippen LogP contribution is -2.30. The summed E-state index contributed by atoms with van der Waals surface area (Å²) in [6.07, 6.45) is 2.30. The molecule has 4 rings (SSSR count). The zero-order chi connectivity index (χ0) is 28.0. The van der Waals surface area contributed by atoms with E-state index in [1.807, 2.05) is 6.92 Å². The van der Waals surface area contributed by atoms with Crippen molar-refractivity contribution >= 4 is 43.2 Å². The average Bonchev–Trinajstić information content (AvgIpc) is 3.46. The van der Waals surface area contributed by atoms with Crippen LogP contribution < -0.4 is 14.8 Å². The number of anilines is 1. The van der Waals surface area contributed by atoms with Crippen molar-refractivity contribution in [1.82, 2.24) is 9.62 Å². The molecular weight excluding hydrogens is 562 g/mol. The van der Waals surface area contributed by atoms with Gasteiger partial charge in [0.15, 0.2) is 6.61 Å². The SMILES string of the molecule is Cc1ccc(NS(=O)(=O)c2ccc(OCC(=O)NCCc3ccc(S(=O)(=O)N4CCCC4)cc3)cc2)cc1Cl. The summed E-state index contributed by atoms with van der Waals surface area (Å²) in [6, 6.07) is 17.3. The Bertz CT molecular complexity index is 1520. The molecule has 0 radical (unpaired) electrons. The molecule has 0 aromatic heterocycles. The number of halogens is 1. The molecule has 1 heterocycles. The second-order valence-corrected chi connectivity index (χ2v) is 13.2. The third-order valence-corrected chi connectivity index (χ3v) is 10.0. The third-order valence-electron chi connectivity index (χ3n) is 6.29. The minimum atomic E-state index is -3.82. The number of hydrogen-bond acceptors (Lipinski definition) is 6. The van der Waals surface area contributed by atoms with Crippen LogP contribution in [0.3, 0.4) is 0 Å². The normalized spacial score (nSPS) is 14.2. The quantitative estimate of drug-likeness (QED) is 0.348. The van der Waals surface area contributed by atoms with Crippen LogP contribution in [0.1, 0.15) is 24.0 Å². The largest absolute Gasteiger partial charge is 0.484 e. The molecule has 0 spiro atoms. The van der Waals surface area contributed by atoms with Crippen molar-refractivity contribution in [2.24, 2.45) is 0 Å². The molecule has 0 unspecified atom stereocenters. The van der Waals surface area contributed by atoms with Crippen LogP contribution >= 0.6 is 11.6 Å². The fraction of sp³-hybridized carbons (Fsp3) is 0.296. The van der Waals surface area contributed by atoms with Gasteiger partial charge in [0.2, 0.25) is 10.0 Å².